The minimum Gasteiger partial charge on any atom is -0.311 e. The summed E-state index contributed by atoms with van der Waals surface area (Å²) in [6.07, 6.45) is 7.39. The Morgan fingerprint density at radius 1 is 1.12 bits per heavy atom. The maximum Gasteiger partial charge on any atom is 0.222 e. The van der Waals surface area contributed by atoms with Gasteiger partial charge in [-0.05, 0) is 74.6 Å². The van der Waals surface area contributed by atoms with Crippen LogP contribution in [0, 0.1) is 5.82 Å². The highest BCUT2D eigenvalue weighted by molar-refractivity contribution is 8.13. The molecule has 1 N–H and O–H groups in total. The van der Waals surface area contributed by atoms with E-state index < -0.39 is 0 Å². The van der Waals surface area contributed by atoms with E-state index in [0.717, 1.165) is 58.9 Å². The van der Waals surface area contributed by atoms with E-state index >= 15 is 0 Å². The Labute approximate surface area is 202 Å². The molecule has 4 nitrogen and oxygen atoms in total. The summed E-state index contributed by atoms with van der Waals surface area (Å²) >= 11 is 1.74. The van der Waals surface area contributed by atoms with E-state index in [-0.39, 0.29) is 17.5 Å². The number of rotatable bonds is 12. The lowest BCUT2D eigenvalue weighted by molar-refractivity contribution is -0.118. The number of nitrogens with one attached hydrogen (secondary N) is 1. The molecule has 0 aliphatic carbocycles. The summed E-state index contributed by atoms with van der Waals surface area (Å²) in [6, 6.07) is 6.39. The molecule has 0 unspecified atom stereocenters. The first-order chi connectivity index (χ1) is 15.7. The second-order valence-corrected chi connectivity index (χ2v) is 8.86. The zero-order chi connectivity index (χ0) is 24.8. The third-order valence-corrected chi connectivity index (χ3v) is 5.93. The van der Waals surface area contributed by atoms with Crippen LogP contribution >= 0.6 is 11.8 Å². The molecule has 0 saturated carbocycles. The van der Waals surface area contributed by atoms with Gasteiger partial charge in [0.05, 0.1) is 10.7 Å². The summed E-state index contributed by atoms with van der Waals surface area (Å²) in [5.41, 5.74) is 4.83. The van der Waals surface area contributed by atoms with Gasteiger partial charge in [0.1, 0.15) is 11.6 Å². The van der Waals surface area contributed by atoms with E-state index in [4.69, 9.17) is 4.99 Å². The van der Waals surface area contributed by atoms with Crippen molar-refractivity contribution in [1.82, 2.24) is 5.32 Å². The van der Waals surface area contributed by atoms with E-state index in [0.29, 0.717) is 0 Å². The lowest BCUT2D eigenvalue weighted by atomic mass is 10.0. The number of carbonyl (C=O) groups is 1. The summed E-state index contributed by atoms with van der Waals surface area (Å²) in [7, 11) is 0. The minimum atomic E-state index is -0.282. The van der Waals surface area contributed by atoms with Gasteiger partial charge in [0.2, 0.25) is 5.91 Å². The maximum absolute atomic E-state index is 13.5. The molecule has 0 aromatic heterocycles. The highest BCUT2D eigenvalue weighted by Gasteiger charge is 2.10. The van der Waals surface area contributed by atoms with Gasteiger partial charge in [-0.25, -0.2) is 14.4 Å². The zero-order valence-corrected chi connectivity index (χ0v) is 21.3. The van der Waals surface area contributed by atoms with Crippen LogP contribution in [0.15, 0.2) is 76.0 Å². The Bertz CT molecular complexity index is 956. The van der Waals surface area contributed by atoms with Crippen LogP contribution in [0.2, 0.25) is 0 Å². The number of benzene rings is 1. The predicted octanol–water partition coefficient (Wildman–Crippen LogP) is 7.47. The standard InChI is InChI=1S/C27H36FN3OS/c1-8-10-19(3)16-18-33-26(9-2)31-27(24-11-13-25(28)14-12-24)21(5)20(4)15-17-29-22(6)30-23(7)32/h11-15,17H,3,6,8-10,16,18H2,1-2,4-5,7H3,(H,30,32)/b20-15+,27-21+,29-17-,31-26?. The van der Waals surface area contributed by atoms with Crippen molar-refractivity contribution in [3.8, 4) is 0 Å². The molecule has 33 heavy (non-hydrogen) atoms. The van der Waals surface area contributed by atoms with Crippen molar-refractivity contribution in [1.29, 1.82) is 0 Å². The molecule has 0 heterocycles. The van der Waals surface area contributed by atoms with Gasteiger partial charge in [-0.1, -0.05) is 39.0 Å². The Hall–Kier alpha value is -2.73. The fourth-order valence-electron chi connectivity index (χ4n) is 2.89. The monoisotopic (exact) mass is 469 g/mol. The SMILES string of the molecule is C=C(CCC)CCSC(CC)=N/C(=C(C)/C(C)=C/C=N\C(=C)NC(C)=O)c1ccc(F)cc1. The number of amides is 1. The number of hydrogen-bond donors (Lipinski definition) is 1. The normalized spacial score (nSPS) is 13.2. The average molecular weight is 470 g/mol. The van der Waals surface area contributed by atoms with Crippen LogP contribution in [0.1, 0.15) is 65.9 Å². The van der Waals surface area contributed by atoms with Gasteiger partial charge < -0.3 is 5.32 Å². The quantitative estimate of drug-likeness (QED) is 0.149. The summed E-state index contributed by atoms with van der Waals surface area (Å²) in [5.74, 6) is 0.715. The minimum absolute atomic E-state index is 0.218. The fourth-order valence-corrected chi connectivity index (χ4v) is 3.88. The van der Waals surface area contributed by atoms with Gasteiger partial charge in [0, 0.05) is 24.5 Å². The molecule has 0 aliphatic heterocycles. The van der Waals surface area contributed by atoms with Gasteiger partial charge in [0.25, 0.3) is 0 Å². The molecule has 0 radical (unpaired) electrons. The number of thioether (sulfide) groups is 1. The third kappa shape index (κ3) is 11.1. The first kappa shape index (κ1) is 28.3. The van der Waals surface area contributed by atoms with Crippen LogP contribution in [0.25, 0.3) is 5.70 Å². The summed E-state index contributed by atoms with van der Waals surface area (Å²) < 4.78 is 13.5. The fraction of sp³-hybridized carbons (Fsp3) is 0.370. The maximum atomic E-state index is 13.5. The van der Waals surface area contributed by atoms with Crippen molar-refractivity contribution in [3.05, 3.63) is 77.4 Å². The van der Waals surface area contributed by atoms with Crippen LogP contribution in [0.4, 0.5) is 4.39 Å². The first-order valence-electron chi connectivity index (χ1n) is 11.2. The predicted molar refractivity (Wildman–Crippen MR) is 143 cm³/mol. The molecule has 1 amide bonds. The smallest absolute Gasteiger partial charge is 0.222 e. The van der Waals surface area contributed by atoms with Crippen molar-refractivity contribution in [2.24, 2.45) is 9.98 Å². The van der Waals surface area contributed by atoms with Gasteiger partial charge >= 0.3 is 0 Å². The largest absolute Gasteiger partial charge is 0.311 e. The highest BCUT2D eigenvalue weighted by Crippen LogP contribution is 2.27. The number of allylic oxidation sites excluding steroid dienone is 4. The van der Waals surface area contributed by atoms with Gasteiger partial charge in [-0.2, -0.15) is 0 Å². The molecule has 1 rings (SSSR count). The van der Waals surface area contributed by atoms with Crippen molar-refractivity contribution < 1.29 is 9.18 Å². The summed E-state index contributed by atoms with van der Waals surface area (Å²) in [4.78, 5) is 20.2. The molecular formula is C27H36FN3OS. The molecule has 0 spiro atoms. The second-order valence-electron chi connectivity index (χ2n) is 7.69. The molecular weight excluding hydrogens is 433 g/mol. The van der Waals surface area contributed by atoms with Crippen molar-refractivity contribution in [3.63, 3.8) is 0 Å². The molecule has 178 valence electrons. The van der Waals surface area contributed by atoms with E-state index in [1.54, 1.807) is 30.1 Å². The van der Waals surface area contributed by atoms with E-state index in [2.05, 4.69) is 37.3 Å². The van der Waals surface area contributed by atoms with E-state index in [1.165, 1.54) is 24.6 Å². The Kier molecular flexibility index (Phi) is 13.0. The molecule has 1 aromatic rings. The van der Waals surface area contributed by atoms with Gasteiger partial charge in [-0.15, -0.1) is 11.8 Å². The van der Waals surface area contributed by atoms with Crippen molar-refractivity contribution in [2.45, 2.75) is 60.3 Å². The Morgan fingerprint density at radius 2 is 1.79 bits per heavy atom. The zero-order valence-electron chi connectivity index (χ0n) is 20.5. The van der Waals surface area contributed by atoms with Gasteiger partial charge in [-0.3, -0.25) is 4.79 Å². The highest BCUT2D eigenvalue weighted by atomic mass is 32.2. The van der Waals surface area contributed by atoms with Crippen LogP contribution in [-0.2, 0) is 4.79 Å². The molecule has 0 aliphatic rings. The third-order valence-electron chi connectivity index (χ3n) is 4.81. The Balaban J connectivity index is 3.23. The van der Waals surface area contributed by atoms with Crippen molar-refractivity contribution in [2.75, 3.05) is 5.75 Å². The van der Waals surface area contributed by atoms with E-state index in [1.807, 2.05) is 19.9 Å². The van der Waals surface area contributed by atoms with Crippen LogP contribution in [0.3, 0.4) is 0 Å². The molecule has 0 atom stereocenters. The van der Waals surface area contributed by atoms with Crippen molar-refractivity contribution >= 4 is 34.6 Å². The molecule has 0 fully saturated rings. The molecule has 0 saturated heterocycles. The van der Waals surface area contributed by atoms with Crippen LogP contribution in [-0.4, -0.2) is 22.9 Å². The molecule has 0 bridgehead atoms. The Morgan fingerprint density at radius 3 is 2.36 bits per heavy atom. The number of halogens is 1. The number of hydrogen-bond acceptors (Lipinski definition) is 4. The van der Waals surface area contributed by atoms with Crippen LogP contribution in [0.5, 0.6) is 0 Å². The summed E-state index contributed by atoms with van der Waals surface area (Å²) in [5, 5.41) is 3.56. The first-order valence-corrected chi connectivity index (χ1v) is 12.2. The topological polar surface area (TPSA) is 53.8 Å². The summed E-state index contributed by atoms with van der Waals surface area (Å²) in [6.45, 7) is 17.5. The number of carbonyl (C=O) groups excluding carboxylic acids is 1. The number of aliphatic imine (C=N–C) groups is 2. The number of nitrogens with zero attached hydrogens (tertiary/aromatic N) is 2. The van der Waals surface area contributed by atoms with Crippen LogP contribution < -0.4 is 5.32 Å². The van der Waals surface area contributed by atoms with E-state index in [9.17, 15) is 9.18 Å². The lowest BCUT2D eigenvalue weighted by Crippen LogP contribution is -2.16. The molecule has 6 heteroatoms. The second kappa shape index (κ2) is 15.2. The lowest BCUT2D eigenvalue weighted by Gasteiger charge is -2.12. The van der Waals surface area contributed by atoms with Gasteiger partial charge in [0.15, 0.2) is 0 Å². The average Bonchev–Trinajstić information content (AvgIpc) is 2.76. The molecule has 1 aromatic carbocycles.